The summed E-state index contributed by atoms with van der Waals surface area (Å²) in [5.74, 6) is 0. The Hall–Kier alpha value is 0.337. The Morgan fingerprint density at radius 2 is 1.45 bits per heavy atom. The Bertz CT molecular complexity index is 239. The van der Waals surface area contributed by atoms with Crippen molar-refractivity contribution in [3.8, 4) is 0 Å². The molecule has 0 fully saturated rings. The topological polar surface area (TPSA) is 0 Å². The van der Waals surface area contributed by atoms with Gasteiger partial charge in [-0.2, -0.15) is 0 Å². The first-order chi connectivity index (χ1) is 5.45. The van der Waals surface area contributed by atoms with Crippen LogP contribution in [-0.2, 0) is 0 Å². The van der Waals surface area contributed by atoms with Crippen LogP contribution in [0.2, 0.25) is 0 Å². The minimum atomic E-state index is -0.526. The van der Waals surface area contributed by atoms with Crippen LogP contribution in [0, 0.1) is 37.6 Å². The normalized spacial score (nSPS) is 20.4. The van der Waals surface area contributed by atoms with Crippen LogP contribution in [0.1, 0.15) is 12.8 Å². The van der Waals surface area contributed by atoms with E-state index in [1.807, 2.05) is 0 Å². The van der Waals surface area contributed by atoms with Crippen molar-refractivity contribution >= 4 is 0 Å². The molecule has 2 aliphatic rings. The van der Waals surface area contributed by atoms with Gasteiger partial charge in [-0.15, -0.1) is 0 Å². The van der Waals surface area contributed by atoms with Crippen LogP contribution in [0.3, 0.4) is 0 Å². The van der Waals surface area contributed by atoms with Gasteiger partial charge in [-0.1, -0.05) is 0 Å². The third-order valence-corrected chi connectivity index (χ3v) is 6.21. The fourth-order valence-corrected chi connectivity index (χ4v) is 5.09. The van der Waals surface area contributed by atoms with Crippen LogP contribution in [0.15, 0.2) is 38.6 Å². The van der Waals surface area contributed by atoms with E-state index < -0.39 is 37.6 Å². The minimum absolute atomic E-state index is 0.526. The van der Waals surface area contributed by atoms with Gasteiger partial charge in [0, 0.05) is 0 Å². The molecule has 0 radical (unpaired) electrons. The van der Waals surface area contributed by atoms with E-state index in [1.165, 1.54) is 12.8 Å². The predicted molar refractivity (Wildman–Crippen MR) is 43.7 cm³/mol. The van der Waals surface area contributed by atoms with Gasteiger partial charge < -0.3 is 0 Å². The Morgan fingerprint density at radius 3 is 1.82 bits per heavy atom. The summed E-state index contributed by atoms with van der Waals surface area (Å²) in [6.07, 6.45) is 16.1. The Balaban J connectivity index is 1.91. The van der Waals surface area contributed by atoms with Gasteiger partial charge in [-0.05, 0) is 0 Å². The number of allylic oxidation sites excluding steroid dienone is 8. The Labute approximate surface area is 88.0 Å². The second-order valence-electron chi connectivity index (χ2n) is 2.77. The van der Waals surface area contributed by atoms with Crippen LogP contribution in [0.4, 0.5) is 0 Å². The molecule has 0 saturated carbocycles. The van der Waals surface area contributed by atoms with E-state index >= 15 is 0 Å². The summed E-state index contributed by atoms with van der Waals surface area (Å²) < 4.78 is 3.50. The van der Waals surface area contributed by atoms with Crippen molar-refractivity contribution in [3.05, 3.63) is 38.6 Å². The summed E-state index contributed by atoms with van der Waals surface area (Å²) in [6, 6.07) is 0. The molecule has 0 atom stereocenters. The molecule has 0 aromatic rings. The van der Waals surface area contributed by atoms with Crippen LogP contribution in [-0.4, -0.2) is 0 Å². The zero-order valence-electron chi connectivity index (χ0n) is 6.38. The van der Waals surface area contributed by atoms with Gasteiger partial charge in [-0.25, -0.2) is 0 Å². The molecule has 11 heavy (non-hydrogen) atoms. The zero-order valence-corrected chi connectivity index (χ0v) is 9.52. The summed E-state index contributed by atoms with van der Waals surface area (Å²) in [5, 5.41) is 0. The third-order valence-electron chi connectivity index (χ3n) is 1.86. The first-order valence-corrected chi connectivity index (χ1v) is 7.07. The van der Waals surface area contributed by atoms with Gasteiger partial charge in [0.25, 0.3) is 0 Å². The average molecular weight is 270 g/mol. The molecule has 1 heteroatoms. The van der Waals surface area contributed by atoms with Crippen molar-refractivity contribution in [2.75, 3.05) is 0 Å². The number of hydrogen-bond acceptors (Lipinski definition) is 0. The first kappa shape index (κ1) is 7.96. The molecule has 0 nitrogen and oxygen atoms in total. The van der Waals surface area contributed by atoms with Crippen molar-refractivity contribution in [1.29, 1.82) is 0 Å². The monoisotopic (exact) mass is 270 g/mol. The standard InChI is InChI=1S/2C5H5.Ce/c2*1-2-4-5-3-1;/h2*1-3H,4H2;. The molecule has 0 aromatic carbocycles. The molecule has 0 amide bonds. The van der Waals surface area contributed by atoms with E-state index in [2.05, 4.69) is 36.5 Å². The summed E-state index contributed by atoms with van der Waals surface area (Å²) in [6.45, 7) is 0. The summed E-state index contributed by atoms with van der Waals surface area (Å²) in [7, 11) is 0. The van der Waals surface area contributed by atoms with Gasteiger partial charge in [-0.3, -0.25) is 0 Å². The van der Waals surface area contributed by atoms with Gasteiger partial charge in [0.2, 0.25) is 0 Å². The fourth-order valence-electron chi connectivity index (χ4n) is 1.29. The molecule has 0 N–H and O–H groups in total. The van der Waals surface area contributed by atoms with Crippen molar-refractivity contribution in [2.24, 2.45) is 0 Å². The third kappa shape index (κ3) is 2.14. The molecule has 0 spiro atoms. The van der Waals surface area contributed by atoms with E-state index in [9.17, 15) is 0 Å². The Morgan fingerprint density at radius 1 is 0.909 bits per heavy atom. The van der Waals surface area contributed by atoms with E-state index in [0.29, 0.717) is 0 Å². The van der Waals surface area contributed by atoms with Crippen molar-refractivity contribution < 1.29 is 37.6 Å². The van der Waals surface area contributed by atoms with E-state index in [4.69, 9.17) is 0 Å². The maximum atomic E-state index is 2.32. The van der Waals surface area contributed by atoms with Crippen LogP contribution >= 0.6 is 0 Å². The van der Waals surface area contributed by atoms with Crippen molar-refractivity contribution in [1.82, 2.24) is 0 Å². The SMILES string of the molecule is C1=CC[C]([Ce][C]2=CC=CC2)=C1. The van der Waals surface area contributed by atoms with E-state index in [1.54, 1.807) is 2.18 Å². The molecule has 2 rings (SSSR count). The molecule has 54 valence electrons. The van der Waals surface area contributed by atoms with Crippen LogP contribution in [0.5, 0.6) is 0 Å². The molecule has 0 heterocycles. The fraction of sp³-hybridized carbons (Fsp3) is 0.200. The van der Waals surface area contributed by atoms with Gasteiger partial charge in [0.15, 0.2) is 0 Å². The summed E-state index contributed by atoms with van der Waals surface area (Å²) in [4.78, 5) is 0. The molecular formula is C10H10Ce. The summed E-state index contributed by atoms with van der Waals surface area (Å²) >= 11 is -0.526. The second kappa shape index (κ2) is 3.83. The molecule has 0 bridgehead atoms. The number of hydrogen-bond donors (Lipinski definition) is 0. The average Bonchev–Trinajstić information content (AvgIpc) is 2.60. The molecular weight excluding hydrogens is 260 g/mol. The van der Waals surface area contributed by atoms with Crippen molar-refractivity contribution in [3.63, 3.8) is 0 Å². The quantitative estimate of drug-likeness (QED) is 0.724. The predicted octanol–water partition coefficient (Wildman–Crippen LogP) is 2.76. The first-order valence-electron chi connectivity index (χ1n) is 3.93. The van der Waals surface area contributed by atoms with Gasteiger partial charge >= 0.3 is 89.0 Å². The second-order valence-corrected chi connectivity index (χ2v) is 7.59. The van der Waals surface area contributed by atoms with E-state index in [-0.39, 0.29) is 0 Å². The summed E-state index contributed by atoms with van der Waals surface area (Å²) in [5.41, 5.74) is 0. The van der Waals surface area contributed by atoms with Gasteiger partial charge in [0.05, 0.1) is 0 Å². The maximum absolute atomic E-state index is 2.32. The molecule has 0 aliphatic heterocycles. The Kier molecular flexibility index (Phi) is 2.77. The van der Waals surface area contributed by atoms with Crippen LogP contribution in [0.25, 0.3) is 0 Å². The molecule has 0 unspecified atom stereocenters. The van der Waals surface area contributed by atoms with Crippen molar-refractivity contribution in [2.45, 2.75) is 12.8 Å². The number of rotatable bonds is 2. The van der Waals surface area contributed by atoms with Crippen LogP contribution < -0.4 is 0 Å². The van der Waals surface area contributed by atoms with Gasteiger partial charge in [0.1, 0.15) is 0 Å². The molecule has 2 aliphatic carbocycles. The van der Waals surface area contributed by atoms with E-state index in [0.717, 1.165) is 0 Å². The molecule has 0 aromatic heterocycles. The molecule has 0 saturated heterocycles. The zero-order chi connectivity index (χ0) is 7.52.